The second-order valence-corrected chi connectivity index (χ2v) is 5.82. The van der Waals surface area contributed by atoms with E-state index in [1.165, 1.54) is 32.4 Å². The highest BCUT2D eigenvalue weighted by molar-refractivity contribution is 14.1. The molecule has 0 saturated heterocycles. The smallest absolute Gasteiger partial charge is 0.357 e. The number of benzene rings is 2. The quantitative estimate of drug-likeness (QED) is 0.233. The monoisotopic (exact) mass is 440 g/mol. The van der Waals surface area contributed by atoms with E-state index in [2.05, 4.69) is 27.6 Å². The molecule has 0 radical (unpaired) electrons. The molecule has 124 valence electrons. The fraction of sp³-hybridized carbons (Fsp3) is 0.125. The minimum absolute atomic E-state index is 0.0843. The Morgan fingerprint density at radius 3 is 2.38 bits per heavy atom. The summed E-state index contributed by atoms with van der Waals surface area (Å²) in [5.41, 5.74) is 0.824. The first-order chi connectivity index (χ1) is 11.5. The predicted molar refractivity (Wildman–Crippen MR) is 97.0 cm³/mol. The van der Waals surface area contributed by atoms with Crippen LogP contribution in [0.2, 0.25) is 0 Å². The van der Waals surface area contributed by atoms with Crippen LogP contribution >= 0.6 is 22.6 Å². The van der Waals surface area contributed by atoms with Crippen LogP contribution in [0.4, 0.5) is 11.4 Å². The summed E-state index contributed by atoms with van der Waals surface area (Å²) in [6, 6.07) is 11.1. The Labute approximate surface area is 151 Å². The van der Waals surface area contributed by atoms with Gasteiger partial charge in [0.2, 0.25) is 0 Å². The molecule has 8 heteroatoms. The Hall–Kier alpha value is -2.49. The number of carbonyl (C=O) groups is 1. The van der Waals surface area contributed by atoms with E-state index < -0.39 is 10.9 Å². The third-order valence-corrected chi connectivity index (χ3v) is 3.82. The summed E-state index contributed by atoms with van der Waals surface area (Å²) in [6.07, 6.45) is 0. The van der Waals surface area contributed by atoms with Crippen LogP contribution in [0.1, 0.15) is 5.56 Å². The van der Waals surface area contributed by atoms with Crippen molar-refractivity contribution in [1.82, 2.24) is 0 Å². The molecule has 0 atom stereocenters. The standard InChI is InChI=1S/C16H13IN2O5/c1-23-14-9-12(19(21)22)7-8-13(14)18-15(16(20)24-2)10-3-5-11(17)6-4-10/h3-9H,1-2H3. The summed E-state index contributed by atoms with van der Waals surface area (Å²) < 4.78 is 10.9. The Balaban J connectivity index is 2.56. The first-order valence-corrected chi connectivity index (χ1v) is 7.79. The predicted octanol–water partition coefficient (Wildman–Crippen LogP) is 3.50. The first kappa shape index (κ1) is 17.9. The molecule has 0 aromatic heterocycles. The normalized spacial score (nSPS) is 11.0. The van der Waals surface area contributed by atoms with Crippen LogP contribution in [0.25, 0.3) is 0 Å². The number of hydrogen-bond donors (Lipinski definition) is 0. The molecule has 24 heavy (non-hydrogen) atoms. The maximum Gasteiger partial charge on any atom is 0.357 e. The molecular formula is C16H13IN2O5. The molecule has 0 spiro atoms. The van der Waals surface area contributed by atoms with Gasteiger partial charge in [0.1, 0.15) is 5.69 Å². The number of aliphatic imine (C=N–C) groups is 1. The third kappa shape index (κ3) is 4.07. The number of esters is 1. The SMILES string of the molecule is COC(=O)C(=Nc1ccc([N+](=O)[O-])cc1OC)c1ccc(I)cc1. The van der Waals surface area contributed by atoms with E-state index in [1.807, 2.05) is 12.1 Å². The molecule has 2 rings (SSSR count). The van der Waals surface area contributed by atoms with Gasteiger partial charge in [0.05, 0.1) is 25.2 Å². The van der Waals surface area contributed by atoms with E-state index in [9.17, 15) is 14.9 Å². The average Bonchev–Trinajstić information content (AvgIpc) is 2.59. The average molecular weight is 440 g/mol. The summed E-state index contributed by atoms with van der Waals surface area (Å²) in [4.78, 5) is 26.7. The highest BCUT2D eigenvalue weighted by atomic mass is 127. The molecule has 0 heterocycles. The molecule has 0 fully saturated rings. The maximum atomic E-state index is 12.1. The lowest BCUT2D eigenvalue weighted by atomic mass is 10.1. The second-order valence-electron chi connectivity index (χ2n) is 4.57. The lowest BCUT2D eigenvalue weighted by Crippen LogP contribution is -2.17. The largest absolute Gasteiger partial charge is 0.494 e. The van der Waals surface area contributed by atoms with Crippen molar-refractivity contribution in [3.05, 3.63) is 61.7 Å². The zero-order chi connectivity index (χ0) is 17.7. The molecule has 0 saturated carbocycles. The number of rotatable bonds is 5. The van der Waals surface area contributed by atoms with Crippen LogP contribution in [0.3, 0.4) is 0 Å². The zero-order valence-corrected chi connectivity index (χ0v) is 15.0. The van der Waals surface area contributed by atoms with Gasteiger partial charge >= 0.3 is 5.97 Å². The highest BCUT2D eigenvalue weighted by Gasteiger charge is 2.17. The molecule has 0 bridgehead atoms. The summed E-state index contributed by atoms with van der Waals surface area (Å²) in [5.74, 6) is -0.423. The van der Waals surface area contributed by atoms with Gasteiger partial charge in [-0.25, -0.2) is 9.79 Å². The van der Waals surface area contributed by atoms with E-state index in [4.69, 9.17) is 9.47 Å². The van der Waals surface area contributed by atoms with Crippen molar-refractivity contribution < 1.29 is 19.2 Å². The number of ether oxygens (including phenoxy) is 2. The van der Waals surface area contributed by atoms with Crippen molar-refractivity contribution in [2.24, 2.45) is 4.99 Å². The van der Waals surface area contributed by atoms with Crippen LogP contribution in [0.5, 0.6) is 5.75 Å². The second kappa shape index (κ2) is 7.86. The molecule has 2 aromatic carbocycles. The molecule has 0 aliphatic heterocycles. The fourth-order valence-electron chi connectivity index (χ4n) is 1.93. The van der Waals surface area contributed by atoms with Gasteiger partial charge < -0.3 is 9.47 Å². The number of carbonyl (C=O) groups excluding carboxylic acids is 1. The van der Waals surface area contributed by atoms with Gasteiger partial charge in [-0.3, -0.25) is 10.1 Å². The minimum Gasteiger partial charge on any atom is -0.494 e. The van der Waals surface area contributed by atoms with E-state index in [0.717, 1.165) is 3.57 Å². The summed E-state index contributed by atoms with van der Waals surface area (Å²) in [5, 5.41) is 10.8. The Bertz CT molecular complexity index is 803. The van der Waals surface area contributed by atoms with E-state index >= 15 is 0 Å². The van der Waals surface area contributed by atoms with Crippen molar-refractivity contribution in [2.45, 2.75) is 0 Å². The topological polar surface area (TPSA) is 91.0 Å². The van der Waals surface area contributed by atoms with Crippen LogP contribution in [0, 0.1) is 13.7 Å². The number of hydrogen-bond acceptors (Lipinski definition) is 6. The van der Waals surface area contributed by atoms with Gasteiger partial charge in [0.15, 0.2) is 11.5 Å². The summed E-state index contributed by atoms with van der Waals surface area (Å²) in [6.45, 7) is 0. The number of nitro groups is 1. The first-order valence-electron chi connectivity index (χ1n) is 6.71. The number of non-ortho nitro benzene ring substituents is 1. The van der Waals surface area contributed by atoms with Crippen LogP contribution in [0.15, 0.2) is 47.5 Å². The zero-order valence-electron chi connectivity index (χ0n) is 12.9. The van der Waals surface area contributed by atoms with Crippen molar-refractivity contribution in [1.29, 1.82) is 0 Å². The molecule has 7 nitrogen and oxygen atoms in total. The minimum atomic E-state index is -0.614. The van der Waals surface area contributed by atoms with E-state index in [-0.39, 0.29) is 17.1 Å². The van der Waals surface area contributed by atoms with Gasteiger partial charge in [-0.05, 0) is 40.8 Å². The maximum absolute atomic E-state index is 12.1. The van der Waals surface area contributed by atoms with Crippen molar-refractivity contribution in [3.8, 4) is 5.75 Å². The van der Waals surface area contributed by atoms with Gasteiger partial charge in [-0.1, -0.05) is 12.1 Å². The third-order valence-electron chi connectivity index (χ3n) is 3.10. The Morgan fingerprint density at radius 1 is 1.17 bits per heavy atom. The molecular weight excluding hydrogens is 427 g/mol. The summed E-state index contributed by atoms with van der Waals surface area (Å²) in [7, 11) is 2.64. The molecule has 0 N–H and O–H groups in total. The van der Waals surface area contributed by atoms with Crippen LogP contribution in [-0.2, 0) is 9.53 Å². The van der Waals surface area contributed by atoms with Crippen molar-refractivity contribution in [2.75, 3.05) is 14.2 Å². The van der Waals surface area contributed by atoms with E-state index in [0.29, 0.717) is 11.3 Å². The molecule has 2 aromatic rings. The van der Waals surface area contributed by atoms with Crippen molar-refractivity contribution in [3.63, 3.8) is 0 Å². The van der Waals surface area contributed by atoms with Gasteiger partial charge in [-0.2, -0.15) is 0 Å². The van der Waals surface area contributed by atoms with Gasteiger partial charge in [0.25, 0.3) is 5.69 Å². The molecule has 0 aliphatic rings. The van der Waals surface area contributed by atoms with Gasteiger partial charge in [0, 0.05) is 15.2 Å². The lowest BCUT2D eigenvalue weighted by molar-refractivity contribution is -0.384. The fourth-order valence-corrected chi connectivity index (χ4v) is 2.28. The lowest BCUT2D eigenvalue weighted by Gasteiger charge is -2.08. The number of halogens is 1. The Morgan fingerprint density at radius 2 is 1.83 bits per heavy atom. The molecule has 0 amide bonds. The number of nitrogens with zero attached hydrogens (tertiary/aromatic N) is 2. The van der Waals surface area contributed by atoms with Crippen LogP contribution in [-0.4, -0.2) is 30.8 Å². The highest BCUT2D eigenvalue weighted by Crippen LogP contribution is 2.32. The summed E-state index contributed by atoms with van der Waals surface area (Å²) >= 11 is 2.15. The van der Waals surface area contributed by atoms with Gasteiger partial charge in [-0.15, -0.1) is 0 Å². The van der Waals surface area contributed by atoms with Crippen molar-refractivity contribution >= 4 is 45.6 Å². The number of methoxy groups -OCH3 is 2. The van der Waals surface area contributed by atoms with Crippen LogP contribution < -0.4 is 4.74 Å². The Kier molecular flexibility index (Phi) is 5.85. The number of nitro benzene ring substituents is 1. The molecule has 0 unspecified atom stereocenters. The van der Waals surface area contributed by atoms with E-state index in [1.54, 1.807) is 12.1 Å². The molecule has 0 aliphatic carbocycles.